The molecule has 0 aliphatic heterocycles. The van der Waals surface area contributed by atoms with E-state index in [9.17, 15) is 0 Å². The van der Waals surface area contributed by atoms with Gasteiger partial charge in [-0.3, -0.25) is 0 Å². The highest BCUT2D eigenvalue weighted by Gasteiger charge is 2.04. The van der Waals surface area contributed by atoms with Crippen LogP contribution in [0.3, 0.4) is 0 Å². The monoisotopic (exact) mass is 218 g/mol. The molecule has 1 N–H and O–H groups in total. The molecule has 3 heteroatoms. The third-order valence-corrected chi connectivity index (χ3v) is 3.38. The first-order valence-electron chi connectivity index (χ1n) is 5.62. The lowest BCUT2D eigenvalue weighted by Gasteiger charge is -2.23. The van der Waals surface area contributed by atoms with Crippen molar-refractivity contribution >= 4 is 11.8 Å². The molecular formula is C11H26N2S. The summed E-state index contributed by atoms with van der Waals surface area (Å²) in [6, 6.07) is 0.711. The Labute approximate surface area is 93.8 Å². The van der Waals surface area contributed by atoms with Crippen molar-refractivity contribution in [2.75, 3.05) is 38.7 Å². The second kappa shape index (κ2) is 9.81. The van der Waals surface area contributed by atoms with Crippen molar-refractivity contribution < 1.29 is 0 Å². The van der Waals surface area contributed by atoms with Gasteiger partial charge in [-0.25, -0.2) is 0 Å². The molecular weight excluding hydrogens is 192 g/mol. The first-order valence-corrected chi connectivity index (χ1v) is 7.01. The zero-order valence-electron chi connectivity index (χ0n) is 10.2. The molecule has 0 bridgehead atoms. The van der Waals surface area contributed by atoms with Crippen LogP contribution in [-0.2, 0) is 0 Å². The highest BCUT2D eigenvalue weighted by molar-refractivity contribution is 7.98. The van der Waals surface area contributed by atoms with Crippen LogP contribution in [0.5, 0.6) is 0 Å². The van der Waals surface area contributed by atoms with Gasteiger partial charge in [0.05, 0.1) is 0 Å². The molecule has 1 atom stereocenters. The van der Waals surface area contributed by atoms with Crippen molar-refractivity contribution in [3.8, 4) is 0 Å². The molecule has 0 saturated heterocycles. The first kappa shape index (κ1) is 14.3. The Bertz CT molecular complexity index is 120. The molecule has 2 nitrogen and oxygen atoms in total. The molecule has 1 unspecified atom stereocenters. The van der Waals surface area contributed by atoms with E-state index in [0.717, 1.165) is 19.6 Å². The Hall–Kier alpha value is 0.270. The highest BCUT2D eigenvalue weighted by Crippen LogP contribution is 1.98. The van der Waals surface area contributed by atoms with Gasteiger partial charge in [-0.05, 0) is 45.4 Å². The van der Waals surface area contributed by atoms with Gasteiger partial charge in [-0.2, -0.15) is 11.8 Å². The summed E-state index contributed by atoms with van der Waals surface area (Å²) >= 11 is 1.92. The SMILES string of the molecule is CCC(C)N(C)CCNCCCSC. The van der Waals surface area contributed by atoms with Gasteiger partial charge in [0, 0.05) is 19.1 Å². The lowest BCUT2D eigenvalue weighted by atomic mass is 10.2. The van der Waals surface area contributed by atoms with E-state index in [0.29, 0.717) is 6.04 Å². The Morgan fingerprint density at radius 3 is 2.64 bits per heavy atom. The second-order valence-electron chi connectivity index (χ2n) is 3.83. The number of nitrogens with zero attached hydrogens (tertiary/aromatic N) is 1. The van der Waals surface area contributed by atoms with Crippen LogP contribution >= 0.6 is 11.8 Å². The zero-order valence-corrected chi connectivity index (χ0v) is 11.0. The molecule has 0 heterocycles. The lowest BCUT2D eigenvalue weighted by Crippen LogP contribution is -2.35. The summed E-state index contributed by atoms with van der Waals surface area (Å²) in [6.45, 7) is 7.97. The van der Waals surface area contributed by atoms with E-state index in [1.54, 1.807) is 0 Å². The quantitative estimate of drug-likeness (QED) is 0.596. The number of hydrogen-bond acceptors (Lipinski definition) is 3. The Morgan fingerprint density at radius 2 is 2.07 bits per heavy atom. The van der Waals surface area contributed by atoms with E-state index in [-0.39, 0.29) is 0 Å². The fourth-order valence-electron chi connectivity index (χ4n) is 1.25. The van der Waals surface area contributed by atoms with Gasteiger partial charge in [0.25, 0.3) is 0 Å². The minimum Gasteiger partial charge on any atom is -0.315 e. The van der Waals surface area contributed by atoms with Gasteiger partial charge in [0.1, 0.15) is 0 Å². The summed E-state index contributed by atoms with van der Waals surface area (Å²) in [6.07, 6.45) is 4.69. The molecule has 0 aliphatic rings. The minimum absolute atomic E-state index is 0.711. The fourth-order valence-corrected chi connectivity index (χ4v) is 1.69. The molecule has 0 saturated carbocycles. The van der Waals surface area contributed by atoms with Crippen molar-refractivity contribution in [3.63, 3.8) is 0 Å². The van der Waals surface area contributed by atoms with E-state index < -0.39 is 0 Å². The average molecular weight is 218 g/mol. The predicted octanol–water partition coefficient (Wildman–Crippen LogP) is 2.06. The zero-order chi connectivity index (χ0) is 10.8. The molecule has 0 radical (unpaired) electrons. The van der Waals surface area contributed by atoms with Crippen molar-refractivity contribution in [1.82, 2.24) is 10.2 Å². The van der Waals surface area contributed by atoms with Crippen LogP contribution in [0.25, 0.3) is 0 Å². The van der Waals surface area contributed by atoms with Crippen molar-refractivity contribution in [3.05, 3.63) is 0 Å². The van der Waals surface area contributed by atoms with Crippen molar-refractivity contribution in [2.45, 2.75) is 32.7 Å². The maximum absolute atomic E-state index is 3.48. The van der Waals surface area contributed by atoms with Gasteiger partial charge in [-0.1, -0.05) is 6.92 Å². The standard InChI is InChI=1S/C11H26N2S/c1-5-11(2)13(3)9-8-12-7-6-10-14-4/h11-12H,5-10H2,1-4H3. The van der Waals surface area contributed by atoms with E-state index in [4.69, 9.17) is 0 Å². The predicted molar refractivity (Wildman–Crippen MR) is 68.3 cm³/mol. The summed E-state index contributed by atoms with van der Waals surface area (Å²) in [5.41, 5.74) is 0. The van der Waals surface area contributed by atoms with Gasteiger partial charge >= 0.3 is 0 Å². The molecule has 86 valence electrons. The second-order valence-corrected chi connectivity index (χ2v) is 4.82. The highest BCUT2D eigenvalue weighted by atomic mass is 32.2. The third kappa shape index (κ3) is 7.65. The molecule has 0 aromatic heterocycles. The van der Waals surface area contributed by atoms with Gasteiger partial charge in [0.15, 0.2) is 0 Å². The molecule has 0 amide bonds. The molecule has 0 spiro atoms. The summed E-state index contributed by atoms with van der Waals surface area (Å²) in [7, 11) is 2.21. The average Bonchev–Trinajstić information content (AvgIpc) is 2.21. The van der Waals surface area contributed by atoms with Gasteiger partial charge in [-0.15, -0.1) is 0 Å². The maximum atomic E-state index is 3.48. The number of nitrogens with one attached hydrogen (secondary N) is 1. The van der Waals surface area contributed by atoms with E-state index in [1.165, 1.54) is 18.6 Å². The Morgan fingerprint density at radius 1 is 1.36 bits per heavy atom. The largest absolute Gasteiger partial charge is 0.315 e. The van der Waals surface area contributed by atoms with Crippen molar-refractivity contribution in [1.29, 1.82) is 0 Å². The number of likely N-dealkylation sites (N-methyl/N-ethyl adjacent to an activating group) is 1. The van der Waals surface area contributed by atoms with Gasteiger partial charge in [0.2, 0.25) is 0 Å². The normalized spacial score (nSPS) is 13.5. The fraction of sp³-hybridized carbons (Fsp3) is 1.00. The van der Waals surface area contributed by atoms with Crippen LogP contribution in [0.2, 0.25) is 0 Å². The topological polar surface area (TPSA) is 15.3 Å². The van der Waals surface area contributed by atoms with Crippen LogP contribution in [0, 0.1) is 0 Å². The molecule has 0 fully saturated rings. The van der Waals surface area contributed by atoms with Crippen LogP contribution < -0.4 is 5.32 Å². The molecule has 0 aromatic carbocycles. The van der Waals surface area contributed by atoms with Crippen LogP contribution in [0.4, 0.5) is 0 Å². The third-order valence-electron chi connectivity index (χ3n) is 2.69. The molecule has 0 rings (SSSR count). The van der Waals surface area contributed by atoms with Crippen molar-refractivity contribution in [2.24, 2.45) is 0 Å². The van der Waals surface area contributed by atoms with Crippen LogP contribution in [0.15, 0.2) is 0 Å². The first-order chi connectivity index (χ1) is 6.72. The molecule has 0 aromatic rings. The summed E-state index contributed by atoms with van der Waals surface area (Å²) < 4.78 is 0. The van der Waals surface area contributed by atoms with Crippen LogP contribution in [-0.4, -0.2) is 49.6 Å². The number of hydrogen-bond donors (Lipinski definition) is 1. The Balaban J connectivity index is 3.18. The summed E-state index contributed by atoms with van der Waals surface area (Å²) in [5, 5.41) is 3.48. The number of thioether (sulfide) groups is 1. The molecule has 14 heavy (non-hydrogen) atoms. The maximum Gasteiger partial charge on any atom is 0.0107 e. The van der Waals surface area contributed by atoms with E-state index in [1.807, 2.05) is 11.8 Å². The van der Waals surface area contributed by atoms with Crippen LogP contribution in [0.1, 0.15) is 26.7 Å². The Kier molecular flexibility index (Phi) is 10.0. The molecule has 0 aliphatic carbocycles. The van der Waals surface area contributed by atoms with Gasteiger partial charge < -0.3 is 10.2 Å². The minimum atomic E-state index is 0.711. The lowest BCUT2D eigenvalue weighted by molar-refractivity contribution is 0.252. The summed E-state index contributed by atoms with van der Waals surface area (Å²) in [4.78, 5) is 2.42. The smallest absolute Gasteiger partial charge is 0.0107 e. The van der Waals surface area contributed by atoms with E-state index in [2.05, 4.69) is 37.4 Å². The summed E-state index contributed by atoms with van der Waals surface area (Å²) in [5.74, 6) is 1.27. The number of rotatable bonds is 9. The van der Waals surface area contributed by atoms with E-state index >= 15 is 0 Å².